The zero-order chi connectivity index (χ0) is 20.7. The van der Waals surface area contributed by atoms with E-state index in [0.717, 1.165) is 5.56 Å². The fraction of sp³-hybridized carbons (Fsp3) is 0.250. The Hall–Kier alpha value is -3.55. The molecule has 0 aromatic heterocycles. The predicted molar refractivity (Wildman–Crippen MR) is 106 cm³/mol. The van der Waals surface area contributed by atoms with E-state index < -0.39 is 16.9 Å². The minimum atomic E-state index is -0.762. The maximum Gasteiger partial charge on any atom is 0.269 e. The van der Waals surface area contributed by atoms with Gasteiger partial charge in [-0.2, -0.15) is 5.10 Å². The van der Waals surface area contributed by atoms with Crippen molar-refractivity contribution in [3.63, 3.8) is 0 Å². The standard InChI is InChI=1S/C20H22N4O4/c1-13(2)18(22-19(25)16-6-4-5-14(3)11-16)20(26)23-21-12-15-7-9-17(10-8-15)24(27)28/h4-13,18H,1-3H3,(H,22,25)(H,23,26). The first kappa shape index (κ1) is 20.8. The first-order valence-electron chi connectivity index (χ1n) is 8.73. The monoisotopic (exact) mass is 382 g/mol. The highest BCUT2D eigenvalue weighted by Gasteiger charge is 2.24. The van der Waals surface area contributed by atoms with Crippen LogP contribution < -0.4 is 10.7 Å². The molecule has 0 radical (unpaired) electrons. The molecule has 8 heteroatoms. The van der Waals surface area contributed by atoms with Crippen LogP contribution in [0.2, 0.25) is 0 Å². The first-order chi connectivity index (χ1) is 13.3. The summed E-state index contributed by atoms with van der Waals surface area (Å²) >= 11 is 0. The summed E-state index contributed by atoms with van der Waals surface area (Å²) in [6.07, 6.45) is 1.38. The van der Waals surface area contributed by atoms with Crippen molar-refractivity contribution in [1.82, 2.24) is 10.7 Å². The van der Waals surface area contributed by atoms with Crippen LogP contribution >= 0.6 is 0 Å². The van der Waals surface area contributed by atoms with Crippen molar-refractivity contribution in [3.05, 3.63) is 75.3 Å². The van der Waals surface area contributed by atoms with Gasteiger partial charge in [-0.1, -0.05) is 31.5 Å². The topological polar surface area (TPSA) is 114 Å². The molecule has 2 rings (SSSR count). The zero-order valence-electron chi connectivity index (χ0n) is 15.9. The Balaban J connectivity index is 2.00. The van der Waals surface area contributed by atoms with Crippen molar-refractivity contribution >= 4 is 23.7 Å². The summed E-state index contributed by atoms with van der Waals surface area (Å²) in [6.45, 7) is 5.53. The van der Waals surface area contributed by atoms with Gasteiger partial charge in [0.1, 0.15) is 6.04 Å². The fourth-order valence-corrected chi connectivity index (χ4v) is 2.47. The average Bonchev–Trinajstić information content (AvgIpc) is 2.65. The van der Waals surface area contributed by atoms with Crippen LogP contribution in [0.1, 0.15) is 35.3 Å². The number of carbonyl (C=O) groups excluding carboxylic acids is 2. The van der Waals surface area contributed by atoms with Crippen LogP contribution in [-0.4, -0.2) is 29.0 Å². The van der Waals surface area contributed by atoms with E-state index in [1.54, 1.807) is 18.2 Å². The number of hydrazone groups is 1. The first-order valence-corrected chi connectivity index (χ1v) is 8.73. The minimum absolute atomic E-state index is 0.0279. The number of carbonyl (C=O) groups is 2. The molecular weight excluding hydrogens is 360 g/mol. The number of nitro benzene ring substituents is 1. The number of rotatable bonds is 7. The zero-order valence-corrected chi connectivity index (χ0v) is 15.9. The van der Waals surface area contributed by atoms with Crippen molar-refractivity contribution in [2.24, 2.45) is 11.0 Å². The predicted octanol–water partition coefficient (Wildman–Crippen LogP) is 2.81. The van der Waals surface area contributed by atoms with Crippen LogP contribution in [-0.2, 0) is 4.79 Å². The molecule has 1 unspecified atom stereocenters. The molecule has 146 valence electrons. The summed E-state index contributed by atoms with van der Waals surface area (Å²) in [5.41, 5.74) is 4.39. The van der Waals surface area contributed by atoms with Gasteiger partial charge in [0.15, 0.2) is 0 Å². The molecule has 8 nitrogen and oxygen atoms in total. The lowest BCUT2D eigenvalue weighted by Gasteiger charge is -2.20. The molecule has 1 atom stereocenters. The summed E-state index contributed by atoms with van der Waals surface area (Å²) in [7, 11) is 0. The van der Waals surface area contributed by atoms with E-state index >= 15 is 0 Å². The van der Waals surface area contributed by atoms with Gasteiger partial charge < -0.3 is 5.32 Å². The third-order valence-corrected chi connectivity index (χ3v) is 4.01. The van der Waals surface area contributed by atoms with E-state index in [9.17, 15) is 19.7 Å². The quantitative estimate of drug-likeness (QED) is 0.435. The lowest BCUT2D eigenvalue weighted by Crippen LogP contribution is -2.48. The molecule has 28 heavy (non-hydrogen) atoms. The largest absolute Gasteiger partial charge is 0.340 e. The molecule has 0 fully saturated rings. The Labute approximate surface area is 162 Å². The Morgan fingerprint density at radius 2 is 1.82 bits per heavy atom. The van der Waals surface area contributed by atoms with Gasteiger partial charge in [-0.05, 0) is 42.7 Å². The number of hydrogen-bond donors (Lipinski definition) is 2. The number of aryl methyl sites for hydroxylation is 1. The van der Waals surface area contributed by atoms with Gasteiger partial charge in [0.2, 0.25) is 0 Å². The Bertz CT molecular complexity index is 891. The number of amides is 2. The molecule has 0 aliphatic carbocycles. The van der Waals surface area contributed by atoms with Crippen molar-refractivity contribution in [2.45, 2.75) is 26.8 Å². The molecule has 0 saturated heterocycles. The van der Waals surface area contributed by atoms with Crippen molar-refractivity contribution in [2.75, 3.05) is 0 Å². The molecule has 2 aromatic carbocycles. The number of hydrogen-bond acceptors (Lipinski definition) is 5. The second-order valence-electron chi connectivity index (χ2n) is 6.65. The van der Waals surface area contributed by atoms with Gasteiger partial charge >= 0.3 is 0 Å². The van der Waals surface area contributed by atoms with Crippen molar-refractivity contribution in [3.8, 4) is 0 Å². The summed E-state index contributed by atoms with van der Waals surface area (Å²) in [5.74, 6) is -0.936. The average molecular weight is 382 g/mol. The second kappa shape index (κ2) is 9.40. The van der Waals surface area contributed by atoms with Crippen LogP contribution in [0, 0.1) is 23.0 Å². The summed E-state index contributed by atoms with van der Waals surface area (Å²) in [5, 5.41) is 17.2. The molecular formula is C20H22N4O4. The Kier molecular flexibility index (Phi) is 6.97. The van der Waals surface area contributed by atoms with Crippen LogP contribution in [0.25, 0.3) is 0 Å². The maximum atomic E-state index is 12.4. The lowest BCUT2D eigenvalue weighted by atomic mass is 10.0. The molecule has 0 heterocycles. The Morgan fingerprint density at radius 3 is 2.39 bits per heavy atom. The van der Waals surface area contributed by atoms with E-state index in [1.165, 1.54) is 30.5 Å². The smallest absolute Gasteiger partial charge is 0.269 e. The molecule has 0 aliphatic heterocycles. The van der Waals surface area contributed by atoms with E-state index in [0.29, 0.717) is 11.1 Å². The van der Waals surface area contributed by atoms with E-state index in [4.69, 9.17) is 0 Å². The summed E-state index contributed by atoms with van der Waals surface area (Å²) in [6, 6.07) is 12.1. The molecule has 0 aliphatic rings. The minimum Gasteiger partial charge on any atom is -0.340 e. The second-order valence-corrected chi connectivity index (χ2v) is 6.65. The van der Waals surface area contributed by atoms with E-state index in [1.807, 2.05) is 26.8 Å². The third kappa shape index (κ3) is 5.73. The fourth-order valence-electron chi connectivity index (χ4n) is 2.47. The molecule has 2 amide bonds. The summed E-state index contributed by atoms with van der Waals surface area (Å²) in [4.78, 5) is 35.0. The van der Waals surface area contributed by atoms with Crippen molar-refractivity contribution < 1.29 is 14.5 Å². The van der Waals surface area contributed by atoms with Crippen LogP contribution in [0.5, 0.6) is 0 Å². The van der Waals surface area contributed by atoms with Gasteiger partial charge in [0.05, 0.1) is 11.1 Å². The highest BCUT2D eigenvalue weighted by Crippen LogP contribution is 2.11. The number of nitro groups is 1. The van der Waals surface area contributed by atoms with Gasteiger partial charge in [-0.3, -0.25) is 19.7 Å². The SMILES string of the molecule is Cc1cccc(C(=O)NC(C(=O)NN=Cc2ccc([N+](=O)[O-])cc2)C(C)C)c1. The number of non-ortho nitro benzene ring substituents is 1. The van der Waals surface area contributed by atoms with Crippen molar-refractivity contribution in [1.29, 1.82) is 0 Å². The number of nitrogens with zero attached hydrogens (tertiary/aromatic N) is 2. The number of nitrogens with one attached hydrogen (secondary N) is 2. The molecule has 2 aromatic rings. The van der Waals surface area contributed by atoms with Gasteiger partial charge in [-0.15, -0.1) is 0 Å². The van der Waals surface area contributed by atoms with E-state index in [2.05, 4.69) is 15.8 Å². The molecule has 0 spiro atoms. The van der Waals surface area contributed by atoms with E-state index in [-0.39, 0.29) is 17.5 Å². The molecule has 0 saturated carbocycles. The highest BCUT2D eigenvalue weighted by molar-refractivity contribution is 5.97. The number of benzene rings is 2. The lowest BCUT2D eigenvalue weighted by molar-refractivity contribution is -0.384. The van der Waals surface area contributed by atoms with Gasteiger partial charge in [-0.25, -0.2) is 5.43 Å². The van der Waals surface area contributed by atoms with Crippen LogP contribution in [0.15, 0.2) is 53.6 Å². The summed E-state index contributed by atoms with van der Waals surface area (Å²) < 4.78 is 0. The van der Waals surface area contributed by atoms with Gasteiger partial charge in [0, 0.05) is 17.7 Å². The normalized spacial score (nSPS) is 12.0. The Morgan fingerprint density at radius 1 is 1.14 bits per heavy atom. The highest BCUT2D eigenvalue weighted by atomic mass is 16.6. The van der Waals surface area contributed by atoms with Crippen LogP contribution in [0.3, 0.4) is 0 Å². The van der Waals surface area contributed by atoms with Crippen LogP contribution in [0.4, 0.5) is 5.69 Å². The maximum absolute atomic E-state index is 12.4. The third-order valence-electron chi connectivity index (χ3n) is 4.01. The molecule has 2 N–H and O–H groups in total. The molecule has 0 bridgehead atoms. The van der Waals surface area contributed by atoms with Gasteiger partial charge in [0.25, 0.3) is 17.5 Å².